The molecule has 3 aromatic rings. The summed E-state index contributed by atoms with van der Waals surface area (Å²) in [6.45, 7) is 11.5. The number of pyridine rings is 1. The number of amides is 2. The number of aliphatic hydroxyl groups excluding tert-OH is 1. The first kappa shape index (κ1) is 33.0. The number of carbonyl (C=O) groups excluding carboxylic acids is 2. The fraction of sp³-hybridized carbons (Fsp3) is 0.457. The highest BCUT2D eigenvalue weighted by molar-refractivity contribution is 6.37. The van der Waals surface area contributed by atoms with Crippen molar-refractivity contribution in [3.8, 4) is 5.88 Å². The van der Waals surface area contributed by atoms with E-state index in [1.54, 1.807) is 15.9 Å². The molecule has 1 saturated heterocycles. The molecule has 0 saturated carbocycles. The summed E-state index contributed by atoms with van der Waals surface area (Å²) in [6, 6.07) is 13.6. The second kappa shape index (κ2) is 13.6. The maximum Gasteiger partial charge on any atom is 0.410 e. The van der Waals surface area contributed by atoms with Gasteiger partial charge in [0, 0.05) is 41.5 Å². The Morgan fingerprint density at radius 2 is 1.78 bits per heavy atom. The summed E-state index contributed by atoms with van der Waals surface area (Å²) in [5.74, 6) is 0.0996. The van der Waals surface area contributed by atoms with Crippen LogP contribution < -0.4 is 4.74 Å². The van der Waals surface area contributed by atoms with Crippen molar-refractivity contribution in [2.24, 2.45) is 5.92 Å². The Balaban J connectivity index is 1.34. The summed E-state index contributed by atoms with van der Waals surface area (Å²) in [6.07, 6.45) is 0.367. The highest BCUT2D eigenvalue weighted by Crippen LogP contribution is 2.42. The van der Waals surface area contributed by atoms with E-state index in [1.165, 1.54) is 0 Å². The van der Waals surface area contributed by atoms with Crippen LogP contribution in [-0.2, 0) is 24.3 Å². The number of ether oxygens (including phenoxy) is 2. The van der Waals surface area contributed by atoms with Gasteiger partial charge in [-0.1, -0.05) is 53.5 Å². The van der Waals surface area contributed by atoms with Gasteiger partial charge in [-0.15, -0.1) is 0 Å². The first-order chi connectivity index (χ1) is 21.3. The Morgan fingerprint density at radius 3 is 2.44 bits per heavy atom. The Hall–Kier alpha value is -3.33. The van der Waals surface area contributed by atoms with Gasteiger partial charge in [0.1, 0.15) is 12.2 Å². The van der Waals surface area contributed by atoms with E-state index in [1.807, 2.05) is 71.0 Å². The summed E-state index contributed by atoms with van der Waals surface area (Å²) in [7, 11) is 0. The lowest BCUT2D eigenvalue weighted by Gasteiger charge is -2.36. The van der Waals surface area contributed by atoms with Crippen LogP contribution in [0.4, 0.5) is 4.79 Å². The van der Waals surface area contributed by atoms with Crippen molar-refractivity contribution >= 4 is 35.2 Å². The average Bonchev–Trinajstić information content (AvgIpc) is 2.99. The second-order valence-electron chi connectivity index (χ2n) is 13.0. The van der Waals surface area contributed by atoms with Gasteiger partial charge in [0.2, 0.25) is 5.88 Å². The summed E-state index contributed by atoms with van der Waals surface area (Å²) in [5.41, 5.74) is 4.56. The molecule has 8 nitrogen and oxygen atoms in total. The van der Waals surface area contributed by atoms with Gasteiger partial charge in [-0.3, -0.25) is 4.79 Å². The number of aryl methyl sites for hydroxylation is 2. The highest BCUT2D eigenvalue weighted by Gasteiger charge is 2.36. The van der Waals surface area contributed by atoms with E-state index in [0.717, 1.165) is 22.4 Å². The van der Waals surface area contributed by atoms with Gasteiger partial charge in [-0.2, -0.15) is 0 Å². The molecule has 0 radical (unpaired) electrons. The van der Waals surface area contributed by atoms with E-state index in [9.17, 15) is 14.7 Å². The quantitative estimate of drug-likeness (QED) is 0.284. The molecule has 1 unspecified atom stereocenters. The molecule has 2 aliphatic heterocycles. The van der Waals surface area contributed by atoms with E-state index in [0.29, 0.717) is 79.6 Å². The largest absolute Gasteiger partial charge is 0.473 e. The van der Waals surface area contributed by atoms with Crippen LogP contribution in [0.2, 0.25) is 10.0 Å². The average molecular weight is 655 g/mol. The minimum atomic E-state index is -0.939. The van der Waals surface area contributed by atoms with Gasteiger partial charge in [-0.05, 0) is 88.6 Å². The van der Waals surface area contributed by atoms with Gasteiger partial charge in [0.25, 0.3) is 5.91 Å². The summed E-state index contributed by atoms with van der Waals surface area (Å²) in [5, 5.41) is 12.1. The molecule has 3 heterocycles. The summed E-state index contributed by atoms with van der Waals surface area (Å²) >= 11 is 13.7. The van der Waals surface area contributed by atoms with E-state index < -0.39 is 11.7 Å². The molecular formula is C35H41Cl2N3O5. The highest BCUT2D eigenvalue weighted by atomic mass is 35.5. The van der Waals surface area contributed by atoms with Crippen molar-refractivity contribution in [2.75, 3.05) is 19.6 Å². The number of benzene rings is 2. The number of rotatable bonds is 7. The molecule has 0 aliphatic carbocycles. The number of hydrogen-bond acceptors (Lipinski definition) is 6. The lowest BCUT2D eigenvalue weighted by atomic mass is 9.85. The smallest absolute Gasteiger partial charge is 0.410 e. The second-order valence-corrected chi connectivity index (χ2v) is 13.8. The Kier molecular flexibility index (Phi) is 9.97. The van der Waals surface area contributed by atoms with E-state index in [2.05, 4.69) is 4.98 Å². The zero-order valence-electron chi connectivity index (χ0n) is 26.5. The van der Waals surface area contributed by atoms with Crippen molar-refractivity contribution in [2.45, 2.75) is 78.7 Å². The first-order valence-corrected chi connectivity index (χ1v) is 16.2. The van der Waals surface area contributed by atoms with Gasteiger partial charge < -0.3 is 24.4 Å². The van der Waals surface area contributed by atoms with Crippen LogP contribution >= 0.6 is 23.2 Å². The predicted molar refractivity (Wildman–Crippen MR) is 175 cm³/mol. The number of piperidine rings is 1. The maximum absolute atomic E-state index is 14.0. The number of aliphatic hydroxyl groups is 1. The van der Waals surface area contributed by atoms with Crippen LogP contribution in [-0.4, -0.2) is 57.1 Å². The third kappa shape index (κ3) is 7.56. The number of halogens is 2. The lowest BCUT2D eigenvalue weighted by molar-refractivity contribution is 0.00763. The summed E-state index contributed by atoms with van der Waals surface area (Å²) < 4.78 is 11.7. The van der Waals surface area contributed by atoms with Crippen LogP contribution in [0.1, 0.15) is 83.6 Å². The zero-order valence-corrected chi connectivity index (χ0v) is 28.0. The molecule has 45 heavy (non-hydrogen) atoms. The Bertz CT molecular complexity index is 1570. The SMILES string of the molecule is Cc1cc(C)c(CN2CCc3c(Cl)cc(C(O)C4CCN(C(=O)OC(C)(C)C)CC4)c(Cl)c3C2=O)c(OCc2ccccc2)n1. The number of aromatic nitrogens is 1. The molecule has 1 fully saturated rings. The van der Waals surface area contributed by atoms with E-state index in [4.69, 9.17) is 32.7 Å². The molecular weight excluding hydrogens is 613 g/mol. The topological polar surface area (TPSA) is 92.2 Å². The van der Waals surface area contributed by atoms with Crippen molar-refractivity contribution in [1.29, 1.82) is 0 Å². The van der Waals surface area contributed by atoms with Crippen molar-refractivity contribution in [3.05, 3.63) is 91.6 Å². The Morgan fingerprint density at radius 1 is 1.09 bits per heavy atom. The predicted octanol–water partition coefficient (Wildman–Crippen LogP) is 7.46. The van der Waals surface area contributed by atoms with Gasteiger partial charge in [0.15, 0.2) is 0 Å². The Labute approximate surface area is 275 Å². The van der Waals surface area contributed by atoms with Crippen LogP contribution in [0, 0.1) is 19.8 Å². The van der Waals surface area contributed by atoms with Gasteiger partial charge >= 0.3 is 6.09 Å². The van der Waals surface area contributed by atoms with E-state index >= 15 is 0 Å². The first-order valence-electron chi connectivity index (χ1n) is 15.4. The molecule has 10 heteroatoms. The fourth-order valence-corrected chi connectivity index (χ4v) is 6.73. The minimum Gasteiger partial charge on any atom is -0.473 e. The molecule has 2 aliphatic rings. The molecule has 5 rings (SSSR count). The molecule has 0 spiro atoms. The number of fused-ring (bicyclic) bond motifs is 1. The van der Waals surface area contributed by atoms with Crippen LogP contribution in [0.15, 0.2) is 42.5 Å². The molecule has 1 atom stereocenters. The normalized spacial score (nSPS) is 16.4. The molecule has 0 bridgehead atoms. The number of carbonyl (C=O) groups is 2. The molecule has 1 aromatic heterocycles. The van der Waals surface area contributed by atoms with Crippen LogP contribution in [0.3, 0.4) is 0 Å². The number of likely N-dealkylation sites (tertiary alicyclic amines) is 1. The summed E-state index contributed by atoms with van der Waals surface area (Å²) in [4.78, 5) is 34.6. The zero-order chi connectivity index (χ0) is 32.5. The van der Waals surface area contributed by atoms with Gasteiger partial charge in [-0.25, -0.2) is 9.78 Å². The minimum absolute atomic E-state index is 0.157. The molecule has 2 aromatic carbocycles. The fourth-order valence-electron chi connectivity index (χ4n) is 6.06. The van der Waals surface area contributed by atoms with Crippen LogP contribution in [0.5, 0.6) is 5.88 Å². The third-order valence-electron chi connectivity index (χ3n) is 8.44. The lowest BCUT2D eigenvalue weighted by Crippen LogP contribution is -2.42. The van der Waals surface area contributed by atoms with E-state index in [-0.39, 0.29) is 22.9 Å². The van der Waals surface area contributed by atoms with Crippen molar-refractivity contribution in [1.82, 2.24) is 14.8 Å². The molecule has 240 valence electrons. The molecule has 1 N–H and O–H groups in total. The van der Waals surface area contributed by atoms with Crippen molar-refractivity contribution in [3.63, 3.8) is 0 Å². The van der Waals surface area contributed by atoms with Gasteiger partial charge in [0.05, 0.1) is 23.2 Å². The molecule has 2 amide bonds. The maximum atomic E-state index is 14.0. The van der Waals surface area contributed by atoms with Crippen LogP contribution in [0.25, 0.3) is 0 Å². The monoisotopic (exact) mass is 653 g/mol. The number of nitrogens with zero attached hydrogens (tertiary/aromatic N) is 3. The number of hydrogen-bond donors (Lipinski definition) is 1. The third-order valence-corrected chi connectivity index (χ3v) is 9.18. The standard InChI is InChI=1S/C35H41Cl2N3O5/c1-21-17-22(2)38-32(44-20-23-9-7-6-8-10-23)27(21)19-40-16-13-25-28(36)18-26(30(37)29(25)33(40)42)31(41)24-11-14-39(15-12-24)34(43)45-35(3,4)5/h6-10,17-18,24,31,41H,11-16,19-20H2,1-5H3. The van der Waals surface area contributed by atoms with Crippen molar-refractivity contribution < 1.29 is 24.2 Å².